The molecule has 0 spiro atoms. The van der Waals surface area contributed by atoms with E-state index in [4.69, 9.17) is 14.6 Å². The SMILES string of the molecule is CCOC(=O)CC[C@H](CO)NC(=O)OC(C)(C)C. The standard InChI is InChI=1S/C12H23NO5/c1-5-17-10(15)7-6-9(8-14)13-11(16)18-12(2,3)4/h9,14H,5-8H2,1-4H3,(H,13,16)/t9-/m1/s1. The molecule has 6 heteroatoms. The molecule has 0 rings (SSSR count). The summed E-state index contributed by atoms with van der Waals surface area (Å²) >= 11 is 0. The Hall–Kier alpha value is -1.30. The van der Waals surface area contributed by atoms with Gasteiger partial charge in [-0.1, -0.05) is 0 Å². The lowest BCUT2D eigenvalue weighted by Crippen LogP contribution is -2.41. The van der Waals surface area contributed by atoms with Crippen molar-refractivity contribution in [3.05, 3.63) is 0 Å². The van der Waals surface area contributed by atoms with Gasteiger partial charge in [0.15, 0.2) is 0 Å². The molecule has 0 aromatic carbocycles. The summed E-state index contributed by atoms with van der Waals surface area (Å²) in [5, 5.41) is 11.6. The first-order valence-electron chi connectivity index (χ1n) is 6.04. The number of hydrogen-bond donors (Lipinski definition) is 2. The molecule has 0 radical (unpaired) electrons. The molecule has 1 atom stereocenters. The van der Waals surface area contributed by atoms with Crippen molar-refractivity contribution in [1.82, 2.24) is 5.32 Å². The van der Waals surface area contributed by atoms with Crippen LogP contribution in [0.1, 0.15) is 40.5 Å². The minimum absolute atomic E-state index is 0.148. The van der Waals surface area contributed by atoms with E-state index in [9.17, 15) is 9.59 Å². The molecule has 0 fully saturated rings. The third-order valence-corrected chi connectivity index (χ3v) is 1.94. The first-order chi connectivity index (χ1) is 8.28. The highest BCUT2D eigenvalue weighted by Crippen LogP contribution is 2.07. The second kappa shape index (κ2) is 7.92. The first kappa shape index (κ1) is 16.7. The summed E-state index contributed by atoms with van der Waals surface area (Å²) in [6, 6.07) is -0.510. The van der Waals surface area contributed by atoms with E-state index in [1.807, 2.05) is 0 Å². The molecule has 0 saturated carbocycles. The average molecular weight is 261 g/mol. The maximum Gasteiger partial charge on any atom is 0.407 e. The second-order valence-electron chi connectivity index (χ2n) is 4.87. The molecule has 0 aromatic heterocycles. The number of nitrogens with one attached hydrogen (secondary N) is 1. The molecule has 0 aliphatic carbocycles. The lowest BCUT2D eigenvalue weighted by atomic mass is 10.1. The summed E-state index contributed by atoms with van der Waals surface area (Å²) in [5.41, 5.74) is -0.592. The van der Waals surface area contributed by atoms with Crippen molar-refractivity contribution >= 4 is 12.1 Å². The molecule has 0 heterocycles. The molecule has 2 N–H and O–H groups in total. The van der Waals surface area contributed by atoms with E-state index in [0.29, 0.717) is 13.0 Å². The molecule has 0 unspecified atom stereocenters. The third kappa shape index (κ3) is 8.81. The Labute approximate surface area is 108 Å². The maximum absolute atomic E-state index is 11.4. The molecule has 0 aliphatic rings. The van der Waals surface area contributed by atoms with Gasteiger partial charge in [0.05, 0.1) is 19.3 Å². The number of hydrogen-bond acceptors (Lipinski definition) is 5. The Bertz CT molecular complexity index is 272. The van der Waals surface area contributed by atoms with Gasteiger partial charge in [0, 0.05) is 6.42 Å². The van der Waals surface area contributed by atoms with Gasteiger partial charge in [-0.25, -0.2) is 4.79 Å². The van der Waals surface area contributed by atoms with Crippen molar-refractivity contribution in [3.63, 3.8) is 0 Å². The van der Waals surface area contributed by atoms with Crippen LogP contribution in [0.15, 0.2) is 0 Å². The van der Waals surface area contributed by atoms with Crippen molar-refractivity contribution in [2.24, 2.45) is 0 Å². The molecular weight excluding hydrogens is 238 g/mol. The van der Waals surface area contributed by atoms with Crippen molar-refractivity contribution in [3.8, 4) is 0 Å². The third-order valence-electron chi connectivity index (χ3n) is 1.94. The Balaban J connectivity index is 4.03. The molecule has 0 aliphatic heterocycles. The molecule has 1 amide bonds. The number of amides is 1. The fraction of sp³-hybridized carbons (Fsp3) is 0.833. The minimum atomic E-state index is -0.606. The van der Waals surface area contributed by atoms with Crippen LogP contribution in [0.2, 0.25) is 0 Å². The van der Waals surface area contributed by atoms with E-state index in [1.165, 1.54) is 0 Å². The van der Waals surface area contributed by atoms with Gasteiger partial charge in [0.2, 0.25) is 0 Å². The van der Waals surface area contributed by atoms with Crippen LogP contribution in [0.5, 0.6) is 0 Å². The van der Waals surface area contributed by atoms with Crippen molar-refractivity contribution in [1.29, 1.82) is 0 Å². The predicted octanol–water partition coefficient (Wildman–Crippen LogP) is 1.22. The number of esters is 1. The summed E-state index contributed by atoms with van der Waals surface area (Å²) in [7, 11) is 0. The van der Waals surface area contributed by atoms with Crippen LogP contribution >= 0.6 is 0 Å². The van der Waals surface area contributed by atoms with Crippen LogP contribution in [0.25, 0.3) is 0 Å². The smallest absolute Gasteiger partial charge is 0.407 e. The maximum atomic E-state index is 11.4. The number of alkyl carbamates (subject to hydrolysis) is 1. The van der Waals surface area contributed by atoms with Crippen molar-refractivity contribution < 1.29 is 24.2 Å². The highest BCUT2D eigenvalue weighted by Gasteiger charge is 2.19. The zero-order valence-corrected chi connectivity index (χ0v) is 11.5. The molecule has 0 saturated heterocycles. The van der Waals surface area contributed by atoms with E-state index in [1.54, 1.807) is 27.7 Å². The number of aliphatic hydroxyl groups is 1. The lowest BCUT2D eigenvalue weighted by molar-refractivity contribution is -0.143. The fourth-order valence-corrected chi connectivity index (χ4v) is 1.21. The van der Waals surface area contributed by atoms with Crippen molar-refractivity contribution in [2.75, 3.05) is 13.2 Å². The lowest BCUT2D eigenvalue weighted by Gasteiger charge is -2.22. The normalized spacial score (nSPS) is 12.7. The first-order valence-corrected chi connectivity index (χ1v) is 6.04. The number of rotatable bonds is 6. The van der Waals surface area contributed by atoms with Gasteiger partial charge in [0.25, 0.3) is 0 Å². The van der Waals surface area contributed by atoms with Crippen molar-refractivity contribution in [2.45, 2.75) is 52.2 Å². The Morgan fingerprint density at radius 1 is 1.33 bits per heavy atom. The molecule has 106 valence electrons. The Morgan fingerprint density at radius 3 is 2.39 bits per heavy atom. The summed E-state index contributed by atoms with van der Waals surface area (Å²) in [6.07, 6.45) is -0.144. The van der Waals surface area contributed by atoms with Gasteiger partial charge in [-0.15, -0.1) is 0 Å². The Kier molecular flexibility index (Phi) is 7.35. The van der Waals surface area contributed by atoms with E-state index in [-0.39, 0.29) is 19.0 Å². The average Bonchev–Trinajstić information content (AvgIpc) is 2.22. The highest BCUT2D eigenvalue weighted by atomic mass is 16.6. The number of ether oxygens (including phenoxy) is 2. The van der Waals surface area contributed by atoms with Crippen LogP contribution < -0.4 is 5.32 Å². The molecular formula is C12H23NO5. The van der Waals surface area contributed by atoms with Crippen LogP contribution in [-0.4, -0.2) is 42.0 Å². The summed E-state index contributed by atoms with van der Waals surface area (Å²) in [6.45, 7) is 7.04. The Morgan fingerprint density at radius 2 is 1.94 bits per heavy atom. The number of carbonyl (C=O) groups excluding carboxylic acids is 2. The van der Waals surface area contributed by atoms with Crippen LogP contribution in [0.4, 0.5) is 4.79 Å². The second-order valence-corrected chi connectivity index (χ2v) is 4.87. The zero-order chi connectivity index (χ0) is 14.2. The summed E-state index contributed by atoms with van der Waals surface area (Å²) in [4.78, 5) is 22.6. The number of aliphatic hydroxyl groups excluding tert-OH is 1. The van der Waals surface area contributed by atoms with E-state index < -0.39 is 17.7 Å². The minimum Gasteiger partial charge on any atom is -0.466 e. The molecule has 0 bridgehead atoms. The predicted molar refractivity (Wildman–Crippen MR) is 66.1 cm³/mol. The largest absolute Gasteiger partial charge is 0.466 e. The van der Waals surface area contributed by atoms with Gasteiger partial charge in [0.1, 0.15) is 5.60 Å². The van der Waals surface area contributed by atoms with Gasteiger partial charge < -0.3 is 19.9 Å². The summed E-state index contributed by atoms with van der Waals surface area (Å²) in [5.74, 6) is -0.345. The van der Waals surface area contributed by atoms with Gasteiger partial charge >= 0.3 is 12.1 Å². The van der Waals surface area contributed by atoms with Crippen LogP contribution in [0, 0.1) is 0 Å². The fourth-order valence-electron chi connectivity index (χ4n) is 1.21. The topological polar surface area (TPSA) is 84.9 Å². The molecule has 18 heavy (non-hydrogen) atoms. The van der Waals surface area contributed by atoms with E-state index >= 15 is 0 Å². The zero-order valence-electron chi connectivity index (χ0n) is 11.5. The summed E-state index contributed by atoms with van der Waals surface area (Å²) < 4.78 is 9.80. The quantitative estimate of drug-likeness (QED) is 0.702. The van der Waals surface area contributed by atoms with E-state index in [0.717, 1.165) is 0 Å². The van der Waals surface area contributed by atoms with Crippen LogP contribution in [-0.2, 0) is 14.3 Å². The number of carbonyl (C=O) groups is 2. The van der Waals surface area contributed by atoms with Gasteiger partial charge in [-0.05, 0) is 34.1 Å². The van der Waals surface area contributed by atoms with E-state index in [2.05, 4.69) is 5.32 Å². The molecule has 0 aromatic rings. The molecule has 6 nitrogen and oxygen atoms in total. The van der Waals surface area contributed by atoms with Gasteiger partial charge in [-0.3, -0.25) is 4.79 Å². The monoisotopic (exact) mass is 261 g/mol. The highest BCUT2D eigenvalue weighted by molar-refractivity contribution is 5.70. The van der Waals surface area contributed by atoms with Gasteiger partial charge in [-0.2, -0.15) is 0 Å². The van der Waals surface area contributed by atoms with Crippen LogP contribution in [0.3, 0.4) is 0 Å².